The summed E-state index contributed by atoms with van der Waals surface area (Å²) >= 11 is 1.50. The summed E-state index contributed by atoms with van der Waals surface area (Å²) < 4.78 is 5.55. The van der Waals surface area contributed by atoms with E-state index >= 15 is 0 Å². The number of nitrogens with one attached hydrogen (secondary N) is 1. The van der Waals surface area contributed by atoms with Crippen LogP contribution in [0.15, 0.2) is 43.1 Å². The first kappa shape index (κ1) is 21.9. The van der Waals surface area contributed by atoms with Crippen LogP contribution in [0.25, 0.3) is 0 Å². The zero-order chi connectivity index (χ0) is 21.5. The largest absolute Gasteiger partial charge is 0.490 e. The smallest absolute Gasteiger partial charge is 0.254 e. The molecule has 1 aromatic heterocycles. The highest BCUT2D eigenvalue weighted by Crippen LogP contribution is 2.25. The molecule has 0 aliphatic carbocycles. The molecule has 1 aromatic carbocycles. The second kappa shape index (κ2) is 10.3. The van der Waals surface area contributed by atoms with Crippen molar-refractivity contribution in [1.29, 1.82) is 0 Å². The third-order valence-corrected chi connectivity index (χ3v) is 5.62. The molecule has 3 rings (SSSR count). The van der Waals surface area contributed by atoms with Crippen LogP contribution in [0.5, 0.6) is 5.75 Å². The second-order valence-electron chi connectivity index (χ2n) is 7.14. The maximum atomic E-state index is 13.0. The lowest BCUT2D eigenvalue weighted by Gasteiger charge is -2.30. The van der Waals surface area contributed by atoms with Crippen molar-refractivity contribution in [2.75, 3.05) is 25.2 Å². The van der Waals surface area contributed by atoms with E-state index in [1.165, 1.54) is 17.3 Å². The van der Waals surface area contributed by atoms with Gasteiger partial charge in [0.15, 0.2) is 0 Å². The first-order valence-electron chi connectivity index (χ1n) is 9.88. The molecule has 0 unspecified atom stereocenters. The molecule has 158 valence electrons. The summed E-state index contributed by atoms with van der Waals surface area (Å²) in [5.74, 6) is 1.09. The predicted molar refractivity (Wildman–Crippen MR) is 120 cm³/mol. The van der Waals surface area contributed by atoms with Crippen LogP contribution in [0.1, 0.15) is 32.7 Å². The van der Waals surface area contributed by atoms with Crippen molar-refractivity contribution in [3.63, 3.8) is 0 Å². The highest BCUT2D eigenvalue weighted by molar-refractivity contribution is 7.99. The van der Waals surface area contributed by atoms with E-state index < -0.39 is 0 Å². The van der Waals surface area contributed by atoms with E-state index in [4.69, 9.17) is 4.74 Å². The van der Waals surface area contributed by atoms with Crippen LogP contribution in [0.4, 0.5) is 0 Å². The van der Waals surface area contributed by atoms with Crippen molar-refractivity contribution in [1.82, 2.24) is 15.2 Å². The minimum Gasteiger partial charge on any atom is -0.490 e. The monoisotopic (exact) mass is 425 g/mol. The molecule has 30 heavy (non-hydrogen) atoms. The minimum atomic E-state index is -0.0277. The maximum Gasteiger partial charge on any atom is 0.254 e. The molecule has 1 aliphatic rings. The van der Waals surface area contributed by atoms with Crippen LogP contribution in [0.3, 0.4) is 0 Å². The number of carbonyl (C=O) groups is 2. The molecule has 2 amide bonds. The van der Waals surface area contributed by atoms with E-state index in [1.54, 1.807) is 18.2 Å². The number of aromatic nitrogens is 1. The molecule has 2 heterocycles. The average Bonchev–Trinajstić information content (AvgIpc) is 2.76. The number of nitrogens with zero attached hydrogens (tertiary/aromatic N) is 2. The van der Waals surface area contributed by atoms with Crippen LogP contribution in [-0.4, -0.2) is 46.9 Å². The van der Waals surface area contributed by atoms with E-state index in [2.05, 4.69) is 16.9 Å². The van der Waals surface area contributed by atoms with Gasteiger partial charge < -0.3 is 15.0 Å². The zero-order valence-electron chi connectivity index (χ0n) is 17.4. The van der Waals surface area contributed by atoms with Gasteiger partial charge in [-0.15, -0.1) is 0 Å². The number of rotatable bonds is 8. The molecule has 0 bridgehead atoms. The Balaban J connectivity index is 1.74. The number of pyridine rings is 1. The van der Waals surface area contributed by atoms with Crippen LogP contribution in [-0.2, 0) is 24.3 Å². The number of thioether (sulfide) groups is 1. The van der Waals surface area contributed by atoms with Crippen LogP contribution in [0, 0.1) is 6.92 Å². The number of aryl methyl sites for hydroxylation is 1. The van der Waals surface area contributed by atoms with Crippen LogP contribution < -0.4 is 10.1 Å². The Labute approximate surface area is 181 Å². The first-order valence-corrected chi connectivity index (χ1v) is 11.3. The van der Waals surface area contributed by atoms with E-state index in [0.29, 0.717) is 43.3 Å². The summed E-state index contributed by atoms with van der Waals surface area (Å²) in [5, 5.41) is 2.97. The topological polar surface area (TPSA) is 71.5 Å². The number of hydrogen-bond acceptors (Lipinski definition) is 5. The highest BCUT2D eigenvalue weighted by atomic mass is 32.2. The number of benzene rings is 1. The summed E-state index contributed by atoms with van der Waals surface area (Å²) in [6.07, 6.45) is 6.17. The average molecular weight is 426 g/mol. The lowest BCUT2D eigenvalue weighted by atomic mass is 9.94. The molecule has 6 nitrogen and oxygen atoms in total. The fourth-order valence-electron chi connectivity index (χ4n) is 3.56. The van der Waals surface area contributed by atoms with Gasteiger partial charge in [0.2, 0.25) is 5.91 Å². The SMILES string of the molecule is C=CCOc1cccc(C(=O)N2CCc3c(cnc(C)c3CNC(=O)CSC)C2)c1. The molecule has 1 aliphatic heterocycles. The summed E-state index contributed by atoms with van der Waals surface area (Å²) in [6, 6.07) is 7.22. The Kier molecular flexibility index (Phi) is 7.52. The Hall–Kier alpha value is -2.80. The van der Waals surface area contributed by atoms with Gasteiger partial charge in [-0.3, -0.25) is 14.6 Å². The molecule has 0 atom stereocenters. The second-order valence-corrected chi connectivity index (χ2v) is 8.01. The Morgan fingerprint density at radius 3 is 3.00 bits per heavy atom. The normalized spacial score (nSPS) is 12.8. The van der Waals surface area contributed by atoms with Gasteiger partial charge in [-0.2, -0.15) is 11.8 Å². The summed E-state index contributed by atoms with van der Waals surface area (Å²) in [7, 11) is 0. The molecule has 0 saturated heterocycles. The van der Waals surface area contributed by atoms with Gasteiger partial charge in [0.1, 0.15) is 12.4 Å². The first-order chi connectivity index (χ1) is 14.5. The predicted octanol–water partition coefficient (Wildman–Crippen LogP) is 3.13. The Morgan fingerprint density at radius 1 is 1.40 bits per heavy atom. The van der Waals surface area contributed by atoms with Crippen LogP contribution >= 0.6 is 11.8 Å². The Morgan fingerprint density at radius 2 is 2.23 bits per heavy atom. The van der Waals surface area contributed by atoms with Crippen molar-refractivity contribution in [2.45, 2.75) is 26.4 Å². The summed E-state index contributed by atoms with van der Waals surface area (Å²) in [6.45, 7) is 7.60. The van der Waals surface area contributed by atoms with E-state index in [-0.39, 0.29) is 11.8 Å². The van der Waals surface area contributed by atoms with Gasteiger partial charge >= 0.3 is 0 Å². The number of fused-ring (bicyclic) bond motifs is 1. The van der Waals surface area contributed by atoms with Crippen molar-refractivity contribution >= 4 is 23.6 Å². The highest BCUT2D eigenvalue weighted by Gasteiger charge is 2.25. The van der Waals surface area contributed by atoms with Crippen molar-refractivity contribution in [3.8, 4) is 5.75 Å². The van der Waals surface area contributed by atoms with Gasteiger partial charge in [-0.25, -0.2) is 0 Å². The third-order valence-electron chi connectivity index (χ3n) is 5.07. The molecule has 0 saturated carbocycles. The molecule has 0 spiro atoms. The molecule has 0 fully saturated rings. The lowest BCUT2D eigenvalue weighted by molar-refractivity contribution is -0.118. The molecule has 1 N–H and O–H groups in total. The van der Waals surface area contributed by atoms with Gasteiger partial charge in [-0.1, -0.05) is 18.7 Å². The number of ether oxygens (including phenoxy) is 1. The molecular formula is C23H27N3O3S. The van der Waals surface area contributed by atoms with Gasteiger partial charge in [-0.05, 0) is 54.5 Å². The fourth-order valence-corrected chi connectivity index (χ4v) is 3.92. The number of amides is 2. The van der Waals surface area contributed by atoms with Crippen molar-refractivity contribution in [3.05, 3.63) is 71.1 Å². The molecular weight excluding hydrogens is 398 g/mol. The zero-order valence-corrected chi connectivity index (χ0v) is 18.3. The standard InChI is InChI=1S/C23H27N3O3S/c1-4-10-29-19-7-5-6-17(11-19)23(28)26-9-8-20-18(14-26)12-24-16(2)21(20)13-25-22(27)15-30-3/h4-7,11-12H,1,8-10,13-15H2,2-3H3,(H,25,27). The van der Waals surface area contributed by atoms with E-state index in [1.807, 2.05) is 36.4 Å². The van der Waals surface area contributed by atoms with Crippen molar-refractivity contribution in [2.24, 2.45) is 0 Å². The van der Waals surface area contributed by atoms with Crippen molar-refractivity contribution < 1.29 is 14.3 Å². The summed E-state index contributed by atoms with van der Waals surface area (Å²) in [5.41, 5.74) is 4.82. The number of hydrogen-bond donors (Lipinski definition) is 1. The fraction of sp³-hybridized carbons (Fsp3) is 0.348. The van der Waals surface area contributed by atoms with Crippen LogP contribution in [0.2, 0.25) is 0 Å². The third kappa shape index (κ3) is 5.21. The van der Waals surface area contributed by atoms with E-state index in [0.717, 1.165) is 23.2 Å². The molecule has 0 radical (unpaired) electrons. The number of carbonyl (C=O) groups excluding carboxylic acids is 2. The van der Waals surface area contributed by atoms with Gasteiger partial charge in [0.25, 0.3) is 5.91 Å². The van der Waals surface area contributed by atoms with E-state index in [9.17, 15) is 9.59 Å². The van der Waals surface area contributed by atoms with Gasteiger partial charge in [0, 0.05) is 37.1 Å². The minimum absolute atomic E-state index is 0.0191. The maximum absolute atomic E-state index is 13.0. The molecule has 2 aromatic rings. The Bertz CT molecular complexity index is 945. The summed E-state index contributed by atoms with van der Waals surface area (Å²) in [4.78, 5) is 31.3. The molecule has 7 heteroatoms. The quantitative estimate of drug-likeness (QED) is 0.658. The lowest BCUT2D eigenvalue weighted by Crippen LogP contribution is -2.37. The van der Waals surface area contributed by atoms with Gasteiger partial charge in [0.05, 0.1) is 5.75 Å².